The van der Waals surface area contributed by atoms with Gasteiger partial charge < -0.3 is 9.84 Å². The Kier molecular flexibility index (Phi) is 3.61. The molecule has 4 aliphatic carbocycles. The van der Waals surface area contributed by atoms with E-state index in [4.69, 9.17) is 4.74 Å². The summed E-state index contributed by atoms with van der Waals surface area (Å²) in [6.45, 7) is 4.05. The Bertz CT molecular complexity index is 500. The topological polar surface area (TPSA) is 46.5 Å². The largest absolute Gasteiger partial charge is 0.458 e. The van der Waals surface area contributed by atoms with E-state index in [2.05, 4.69) is 0 Å². The lowest BCUT2D eigenvalue weighted by atomic mass is 9.48. The van der Waals surface area contributed by atoms with Crippen LogP contribution in [0.5, 0.6) is 0 Å². The van der Waals surface area contributed by atoms with Gasteiger partial charge in [-0.15, -0.1) is 0 Å². The average Bonchev–Trinajstić information content (AvgIpc) is 2.41. The third-order valence-electron chi connectivity index (χ3n) is 6.87. The number of alkyl halides is 3. The number of hydrogen-bond acceptors (Lipinski definition) is 3. The van der Waals surface area contributed by atoms with Gasteiger partial charge in [-0.1, -0.05) is 6.92 Å². The number of esters is 1. The molecule has 0 aromatic rings. The van der Waals surface area contributed by atoms with Crippen LogP contribution in [0.25, 0.3) is 0 Å². The van der Waals surface area contributed by atoms with E-state index in [0.29, 0.717) is 18.8 Å². The van der Waals surface area contributed by atoms with Crippen molar-refractivity contribution in [1.29, 1.82) is 0 Å². The van der Waals surface area contributed by atoms with Crippen molar-refractivity contribution in [3.05, 3.63) is 0 Å². The number of rotatable bonds is 3. The summed E-state index contributed by atoms with van der Waals surface area (Å²) < 4.78 is 45.5. The first-order valence-corrected chi connectivity index (χ1v) is 8.46. The van der Waals surface area contributed by atoms with E-state index in [1.165, 1.54) is 6.92 Å². The normalized spacial score (nSPS) is 44.9. The molecule has 4 saturated carbocycles. The summed E-state index contributed by atoms with van der Waals surface area (Å²) in [5, 5.41) is 10.6. The zero-order chi connectivity index (χ0) is 17.3. The van der Waals surface area contributed by atoms with E-state index in [9.17, 15) is 23.1 Å². The molecule has 4 aliphatic rings. The van der Waals surface area contributed by atoms with Gasteiger partial charge in [-0.2, -0.15) is 13.2 Å². The lowest BCUT2D eigenvalue weighted by molar-refractivity contribution is -0.264. The highest BCUT2D eigenvalue weighted by atomic mass is 19.4. The van der Waals surface area contributed by atoms with Gasteiger partial charge in [0.15, 0.2) is 5.41 Å². The maximum absolute atomic E-state index is 13.3. The number of aliphatic hydroxyl groups is 1. The van der Waals surface area contributed by atoms with E-state index >= 15 is 0 Å². The van der Waals surface area contributed by atoms with Crippen LogP contribution in [-0.2, 0) is 9.53 Å². The molecule has 4 rings (SSSR count). The lowest BCUT2D eigenvalue weighted by Gasteiger charge is -2.62. The molecule has 6 heteroatoms. The van der Waals surface area contributed by atoms with Crippen LogP contribution in [0.2, 0.25) is 0 Å². The van der Waals surface area contributed by atoms with Crippen LogP contribution in [-0.4, -0.2) is 28.5 Å². The molecule has 4 bridgehead atoms. The number of ether oxygens (including phenoxy) is 1. The van der Waals surface area contributed by atoms with Gasteiger partial charge in [0.2, 0.25) is 0 Å². The van der Waals surface area contributed by atoms with Crippen molar-refractivity contribution in [2.75, 3.05) is 0 Å². The second-order valence-electron chi connectivity index (χ2n) is 8.32. The Morgan fingerprint density at radius 3 is 2.13 bits per heavy atom. The first-order chi connectivity index (χ1) is 10.4. The zero-order valence-corrected chi connectivity index (χ0v) is 13.9. The third-order valence-corrected chi connectivity index (χ3v) is 6.87. The van der Waals surface area contributed by atoms with Gasteiger partial charge in [0.05, 0.1) is 5.60 Å². The summed E-state index contributed by atoms with van der Waals surface area (Å²) in [6, 6.07) is 0. The first-order valence-electron chi connectivity index (χ1n) is 8.46. The van der Waals surface area contributed by atoms with Crippen molar-refractivity contribution in [2.24, 2.45) is 23.2 Å². The molecule has 1 N–H and O–H groups in total. The van der Waals surface area contributed by atoms with Crippen LogP contribution in [0.15, 0.2) is 0 Å². The maximum atomic E-state index is 13.3. The fourth-order valence-corrected chi connectivity index (χ4v) is 5.09. The van der Waals surface area contributed by atoms with Crippen LogP contribution >= 0.6 is 0 Å². The predicted octanol–water partition coefficient (Wildman–Crippen LogP) is 3.84. The average molecular weight is 334 g/mol. The standard InChI is InChI=1S/C17H25F3O3/c1-4-14(2,17(18,19)20)13(21)23-15(3)11-5-10-6-12(15)9-16(22,7-10)8-11/h10-12,22H,4-9H2,1-3H3. The second-order valence-corrected chi connectivity index (χ2v) is 8.32. The summed E-state index contributed by atoms with van der Waals surface area (Å²) in [5.74, 6) is -0.854. The van der Waals surface area contributed by atoms with Crippen LogP contribution in [0, 0.1) is 23.2 Å². The molecule has 23 heavy (non-hydrogen) atoms. The van der Waals surface area contributed by atoms with E-state index in [1.54, 1.807) is 6.92 Å². The molecule has 0 heterocycles. The van der Waals surface area contributed by atoms with Crippen LogP contribution in [0.1, 0.15) is 59.3 Å². The minimum Gasteiger partial charge on any atom is -0.458 e. The van der Waals surface area contributed by atoms with E-state index in [-0.39, 0.29) is 18.3 Å². The molecule has 0 aliphatic heterocycles. The van der Waals surface area contributed by atoms with Gasteiger partial charge in [0, 0.05) is 11.8 Å². The van der Waals surface area contributed by atoms with Crippen LogP contribution in [0.3, 0.4) is 0 Å². The third kappa shape index (κ3) is 2.39. The fraction of sp³-hybridized carbons (Fsp3) is 0.941. The molecule has 3 atom stereocenters. The summed E-state index contributed by atoms with van der Waals surface area (Å²) >= 11 is 0. The summed E-state index contributed by atoms with van der Waals surface area (Å²) in [5.41, 5.74) is -4.07. The Balaban J connectivity index is 1.84. The number of hydrogen-bond donors (Lipinski definition) is 1. The van der Waals surface area contributed by atoms with Gasteiger partial charge in [-0.3, -0.25) is 4.79 Å². The minimum atomic E-state index is -4.63. The number of halogens is 3. The van der Waals surface area contributed by atoms with Crippen molar-refractivity contribution in [1.82, 2.24) is 0 Å². The zero-order valence-electron chi connectivity index (χ0n) is 13.9. The minimum absolute atomic E-state index is 0.0444. The van der Waals surface area contributed by atoms with Gasteiger partial charge in [0.25, 0.3) is 0 Å². The molecule has 4 fully saturated rings. The van der Waals surface area contributed by atoms with Gasteiger partial charge in [-0.05, 0) is 58.3 Å². The molecule has 0 spiro atoms. The van der Waals surface area contributed by atoms with Crippen LogP contribution < -0.4 is 0 Å². The fourth-order valence-electron chi connectivity index (χ4n) is 5.09. The monoisotopic (exact) mass is 334 g/mol. The summed E-state index contributed by atoms with van der Waals surface area (Å²) in [4.78, 5) is 12.4. The van der Waals surface area contributed by atoms with Gasteiger partial charge >= 0.3 is 12.1 Å². The highest BCUT2D eigenvalue weighted by molar-refractivity contribution is 5.78. The summed E-state index contributed by atoms with van der Waals surface area (Å²) in [7, 11) is 0. The molecule has 0 aromatic carbocycles. The smallest absolute Gasteiger partial charge is 0.404 e. The Hall–Kier alpha value is -0.780. The van der Waals surface area contributed by atoms with Crippen molar-refractivity contribution in [2.45, 2.75) is 76.7 Å². The first kappa shape index (κ1) is 17.1. The van der Waals surface area contributed by atoms with E-state index in [0.717, 1.165) is 26.2 Å². The van der Waals surface area contributed by atoms with Crippen molar-refractivity contribution in [3.8, 4) is 0 Å². The number of carbonyl (C=O) groups excluding carboxylic acids is 1. The van der Waals surface area contributed by atoms with E-state index in [1.807, 2.05) is 0 Å². The molecule has 0 aromatic heterocycles. The molecule has 0 amide bonds. The second kappa shape index (κ2) is 4.87. The molecule has 0 saturated heterocycles. The lowest BCUT2D eigenvalue weighted by Crippen LogP contribution is -2.64. The summed E-state index contributed by atoms with van der Waals surface area (Å²) in [6.07, 6.45) is -1.47. The van der Waals surface area contributed by atoms with E-state index < -0.39 is 28.8 Å². The maximum Gasteiger partial charge on any atom is 0.404 e. The predicted molar refractivity (Wildman–Crippen MR) is 77.5 cm³/mol. The molecule has 3 unspecified atom stereocenters. The van der Waals surface area contributed by atoms with Gasteiger partial charge in [-0.25, -0.2) is 0 Å². The Labute approximate surface area is 134 Å². The van der Waals surface area contributed by atoms with Crippen molar-refractivity contribution in [3.63, 3.8) is 0 Å². The quantitative estimate of drug-likeness (QED) is 0.798. The highest BCUT2D eigenvalue weighted by Crippen LogP contribution is 2.61. The molecular formula is C17H25F3O3. The van der Waals surface area contributed by atoms with Crippen molar-refractivity contribution >= 4 is 5.97 Å². The van der Waals surface area contributed by atoms with Gasteiger partial charge in [0.1, 0.15) is 5.60 Å². The number of carbonyl (C=O) groups is 1. The molecule has 0 radical (unpaired) electrons. The SMILES string of the molecule is CCC(C)(C(=O)OC1(C)C2CC3CC1CC(O)(C3)C2)C(F)(F)F. The van der Waals surface area contributed by atoms with Crippen LogP contribution in [0.4, 0.5) is 13.2 Å². The molecular weight excluding hydrogens is 309 g/mol. The Morgan fingerprint density at radius 1 is 1.22 bits per heavy atom. The Morgan fingerprint density at radius 2 is 1.74 bits per heavy atom. The molecule has 3 nitrogen and oxygen atoms in total. The van der Waals surface area contributed by atoms with Crippen molar-refractivity contribution < 1.29 is 27.8 Å². The highest BCUT2D eigenvalue weighted by Gasteiger charge is 2.64. The molecule has 132 valence electrons.